The number of nitrogens with zero attached hydrogens (tertiary/aromatic N) is 1. The zero-order chi connectivity index (χ0) is 11.3. The summed E-state index contributed by atoms with van der Waals surface area (Å²) in [6.07, 6.45) is 5.12. The fraction of sp³-hybridized carbons (Fsp3) is 0.100. The van der Waals surface area contributed by atoms with E-state index < -0.39 is 11.9 Å². The van der Waals surface area contributed by atoms with Gasteiger partial charge in [0.2, 0.25) is 0 Å². The molecule has 15 heavy (non-hydrogen) atoms. The Morgan fingerprint density at radius 3 is 2.80 bits per heavy atom. The van der Waals surface area contributed by atoms with Crippen molar-refractivity contribution in [3.8, 4) is 0 Å². The van der Waals surface area contributed by atoms with Crippen LogP contribution in [0.2, 0.25) is 0 Å². The third kappa shape index (κ3) is 3.22. The van der Waals surface area contributed by atoms with Gasteiger partial charge in [0.15, 0.2) is 0 Å². The molecule has 1 aromatic rings. The number of hydrogen-bond acceptors (Lipinski definition) is 4. The molecule has 0 aliphatic heterocycles. The van der Waals surface area contributed by atoms with Gasteiger partial charge in [-0.25, -0.2) is 9.59 Å². The molecule has 0 aliphatic rings. The maximum atomic E-state index is 11.1. The van der Waals surface area contributed by atoms with Gasteiger partial charge < -0.3 is 9.84 Å². The van der Waals surface area contributed by atoms with E-state index in [0.29, 0.717) is 5.56 Å². The molecule has 5 heteroatoms. The molecule has 0 spiro atoms. The topological polar surface area (TPSA) is 76.5 Å². The van der Waals surface area contributed by atoms with Crippen LogP contribution in [0.25, 0.3) is 6.08 Å². The number of esters is 1. The van der Waals surface area contributed by atoms with Crippen LogP contribution in [0.5, 0.6) is 0 Å². The van der Waals surface area contributed by atoms with E-state index in [0.717, 1.165) is 6.08 Å². The van der Waals surface area contributed by atoms with Crippen LogP contribution < -0.4 is 0 Å². The smallest absolute Gasteiger partial charge is 0.339 e. The number of pyridine rings is 1. The van der Waals surface area contributed by atoms with Crippen molar-refractivity contribution in [2.24, 2.45) is 0 Å². The quantitative estimate of drug-likeness (QED) is 0.590. The van der Waals surface area contributed by atoms with Gasteiger partial charge in [-0.1, -0.05) is 0 Å². The van der Waals surface area contributed by atoms with E-state index in [2.05, 4.69) is 9.72 Å². The molecule has 0 aliphatic carbocycles. The SMILES string of the molecule is COC(=O)c1cncc(C=CC(=O)O)c1. The predicted octanol–water partition coefficient (Wildman–Crippen LogP) is 0.966. The summed E-state index contributed by atoms with van der Waals surface area (Å²) >= 11 is 0. The highest BCUT2D eigenvalue weighted by Crippen LogP contribution is 2.05. The fourth-order valence-electron chi connectivity index (χ4n) is 0.946. The first kappa shape index (κ1) is 10.9. The Morgan fingerprint density at radius 2 is 2.20 bits per heavy atom. The van der Waals surface area contributed by atoms with Crippen molar-refractivity contribution in [2.45, 2.75) is 0 Å². The van der Waals surface area contributed by atoms with Crippen LogP contribution in [-0.2, 0) is 9.53 Å². The van der Waals surface area contributed by atoms with Crippen LogP contribution in [0.4, 0.5) is 0 Å². The lowest BCUT2D eigenvalue weighted by atomic mass is 10.2. The van der Waals surface area contributed by atoms with Crippen molar-refractivity contribution in [1.82, 2.24) is 4.98 Å². The van der Waals surface area contributed by atoms with Crippen molar-refractivity contribution in [1.29, 1.82) is 0 Å². The normalized spacial score (nSPS) is 10.2. The average molecular weight is 207 g/mol. The van der Waals surface area contributed by atoms with Gasteiger partial charge in [-0.15, -0.1) is 0 Å². The summed E-state index contributed by atoms with van der Waals surface area (Å²) in [5, 5.41) is 8.40. The van der Waals surface area contributed by atoms with Gasteiger partial charge >= 0.3 is 11.9 Å². The van der Waals surface area contributed by atoms with Crippen molar-refractivity contribution in [3.05, 3.63) is 35.7 Å². The van der Waals surface area contributed by atoms with Gasteiger partial charge in [0.25, 0.3) is 0 Å². The first-order valence-corrected chi connectivity index (χ1v) is 4.08. The third-order valence-electron chi connectivity index (χ3n) is 1.60. The number of carboxylic acids is 1. The molecule has 1 rings (SSSR count). The van der Waals surface area contributed by atoms with Gasteiger partial charge in [-0.2, -0.15) is 0 Å². The Hall–Kier alpha value is -2.17. The number of carboxylic acid groups (broad SMARTS) is 1. The van der Waals surface area contributed by atoms with E-state index in [9.17, 15) is 9.59 Å². The second-order valence-electron chi connectivity index (χ2n) is 2.67. The second-order valence-corrected chi connectivity index (χ2v) is 2.67. The minimum atomic E-state index is -1.06. The minimum absolute atomic E-state index is 0.282. The van der Waals surface area contributed by atoms with Crippen LogP contribution in [0.1, 0.15) is 15.9 Å². The lowest BCUT2D eigenvalue weighted by molar-refractivity contribution is -0.131. The van der Waals surface area contributed by atoms with Crippen molar-refractivity contribution >= 4 is 18.0 Å². The van der Waals surface area contributed by atoms with Gasteiger partial charge in [-0.05, 0) is 17.7 Å². The molecular weight excluding hydrogens is 198 g/mol. The minimum Gasteiger partial charge on any atom is -0.478 e. The average Bonchev–Trinajstić information content (AvgIpc) is 2.25. The first-order valence-electron chi connectivity index (χ1n) is 4.08. The van der Waals surface area contributed by atoms with Gasteiger partial charge in [0.1, 0.15) is 0 Å². The molecule has 5 nitrogen and oxygen atoms in total. The first-order chi connectivity index (χ1) is 7.13. The number of aliphatic carboxylic acids is 1. The lowest BCUT2D eigenvalue weighted by Gasteiger charge is -1.98. The van der Waals surface area contributed by atoms with Gasteiger partial charge in [-0.3, -0.25) is 4.98 Å². The van der Waals surface area contributed by atoms with E-state index in [1.165, 1.54) is 31.6 Å². The Labute approximate surface area is 86.0 Å². The molecule has 78 valence electrons. The third-order valence-corrected chi connectivity index (χ3v) is 1.60. The Morgan fingerprint density at radius 1 is 1.47 bits per heavy atom. The monoisotopic (exact) mass is 207 g/mol. The maximum absolute atomic E-state index is 11.1. The summed E-state index contributed by atoms with van der Waals surface area (Å²) in [5.41, 5.74) is 0.810. The van der Waals surface area contributed by atoms with E-state index >= 15 is 0 Å². The Bertz CT molecular complexity index is 412. The zero-order valence-corrected chi connectivity index (χ0v) is 8.01. The second kappa shape index (κ2) is 4.90. The van der Waals surface area contributed by atoms with E-state index in [4.69, 9.17) is 5.11 Å². The van der Waals surface area contributed by atoms with Crippen LogP contribution in [-0.4, -0.2) is 29.1 Å². The summed E-state index contributed by atoms with van der Waals surface area (Å²) in [6, 6.07) is 1.50. The summed E-state index contributed by atoms with van der Waals surface area (Å²) in [5.74, 6) is -1.56. The van der Waals surface area contributed by atoms with Crippen molar-refractivity contribution in [2.75, 3.05) is 7.11 Å². The molecule has 0 radical (unpaired) electrons. The number of carbonyl (C=O) groups is 2. The number of ether oxygens (including phenoxy) is 1. The molecule has 0 bridgehead atoms. The number of aromatic nitrogens is 1. The molecule has 1 heterocycles. The van der Waals surface area contributed by atoms with E-state index in [1.807, 2.05) is 0 Å². The summed E-state index contributed by atoms with van der Waals surface area (Å²) < 4.78 is 4.50. The highest BCUT2D eigenvalue weighted by Gasteiger charge is 2.05. The largest absolute Gasteiger partial charge is 0.478 e. The highest BCUT2D eigenvalue weighted by molar-refractivity contribution is 5.90. The number of hydrogen-bond donors (Lipinski definition) is 1. The molecule has 0 unspecified atom stereocenters. The van der Waals surface area contributed by atoms with Gasteiger partial charge in [0.05, 0.1) is 12.7 Å². The summed E-state index contributed by atoms with van der Waals surface area (Å²) in [7, 11) is 1.27. The number of carbonyl (C=O) groups excluding carboxylic acids is 1. The molecule has 0 saturated heterocycles. The maximum Gasteiger partial charge on any atom is 0.339 e. The zero-order valence-electron chi connectivity index (χ0n) is 8.01. The molecule has 0 amide bonds. The predicted molar refractivity (Wildman–Crippen MR) is 52.2 cm³/mol. The highest BCUT2D eigenvalue weighted by atomic mass is 16.5. The molecule has 0 saturated carbocycles. The standard InChI is InChI=1S/C10H9NO4/c1-15-10(14)8-4-7(5-11-6-8)2-3-9(12)13/h2-6H,1H3,(H,12,13). The summed E-state index contributed by atoms with van der Waals surface area (Å²) in [4.78, 5) is 25.1. The van der Waals surface area contributed by atoms with Crippen LogP contribution in [0.3, 0.4) is 0 Å². The van der Waals surface area contributed by atoms with Crippen LogP contribution >= 0.6 is 0 Å². The van der Waals surface area contributed by atoms with Crippen LogP contribution in [0.15, 0.2) is 24.5 Å². The lowest BCUT2D eigenvalue weighted by Crippen LogP contribution is -2.01. The van der Waals surface area contributed by atoms with Crippen molar-refractivity contribution < 1.29 is 19.4 Å². The van der Waals surface area contributed by atoms with Gasteiger partial charge in [0, 0.05) is 18.5 Å². The Kier molecular flexibility index (Phi) is 3.56. The molecular formula is C10H9NO4. The summed E-state index contributed by atoms with van der Waals surface area (Å²) in [6.45, 7) is 0. The number of methoxy groups -OCH3 is 1. The van der Waals surface area contributed by atoms with E-state index in [1.54, 1.807) is 0 Å². The fourth-order valence-corrected chi connectivity index (χ4v) is 0.946. The Balaban J connectivity index is 2.92. The van der Waals surface area contributed by atoms with Crippen molar-refractivity contribution in [3.63, 3.8) is 0 Å². The molecule has 0 aromatic carbocycles. The van der Waals surface area contributed by atoms with Crippen LogP contribution in [0, 0.1) is 0 Å². The molecule has 0 fully saturated rings. The molecule has 1 N–H and O–H groups in total. The number of rotatable bonds is 3. The molecule has 0 atom stereocenters. The molecule has 1 aromatic heterocycles. The van der Waals surface area contributed by atoms with E-state index in [-0.39, 0.29) is 5.56 Å².